The molecule has 0 atom stereocenters. The first-order valence-corrected chi connectivity index (χ1v) is 7.47. The molecule has 0 radical (unpaired) electrons. The summed E-state index contributed by atoms with van der Waals surface area (Å²) >= 11 is -2.50. The van der Waals surface area contributed by atoms with E-state index in [4.69, 9.17) is 0 Å². The van der Waals surface area contributed by atoms with E-state index in [0.717, 1.165) is 0 Å². The first-order valence-electron chi connectivity index (χ1n) is 6.47. The second kappa shape index (κ2) is 7.00. The van der Waals surface area contributed by atoms with E-state index in [1.54, 1.807) is 50.2 Å². The van der Waals surface area contributed by atoms with Crippen molar-refractivity contribution in [2.75, 3.05) is 0 Å². The Hall–Kier alpha value is -2.47. The van der Waals surface area contributed by atoms with E-state index < -0.39 is 23.3 Å². The average Bonchev–Trinajstić information content (AvgIpc) is 2.47. The van der Waals surface area contributed by atoms with Crippen molar-refractivity contribution in [1.82, 2.24) is 0 Å². The van der Waals surface area contributed by atoms with Crippen molar-refractivity contribution < 1.29 is 22.2 Å². The first-order chi connectivity index (χ1) is 10.5. The van der Waals surface area contributed by atoms with E-state index in [0.29, 0.717) is 11.1 Å². The highest BCUT2D eigenvalue weighted by Crippen LogP contribution is 2.12. The van der Waals surface area contributed by atoms with Gasteiger partial charge in [0.05, 0.1) is 11.1 Å². The third-order valence-electron chi connectivity index (χ3n) is 3.02. The molecule has 0 aliphatic heterocycles. The van der Waals surface area contributed by atoms with E-state index in [9.17, 15) is 13.8 Å². The van der Waals surface area contributed by atoms with Gasteiger partial charge in [0.25, 0.3) is 0 Å². The summed E-state index contributed by atoms with van der Waals surface area (Å²) in [6.45, 7) is 3.44. The van der Waals surface area contributed by atoms with Gasteiger partial charge in [-0.05, 0) is 37.1 Å². The predicted octanol–water partition coefficient (Wildman–Crippen LogP) is 2.90. The van der Waals surface area contributed by atoms with Gasteiger partial charge in [0.15, 0.2) is 0 Å². The van der Waals surface area contributed by atoms with Crippen LogP contribution in [0.25, 0.3) is 0 Å². The highest BCUT2D eigenvalue weighted by atomic mass is 32.2. The molecule has 2 aromatic carbocycles. The van der Waals surface area contributed by atoms with E-state index >= 15 is 0 Å². The fourth-order valence-electron chi connectivity index (χ4n) is 1.83. The van der Waals surface area contributed by atoms with Gasteiger partial charge in [-0.2, -0.15) is 4.21 Å². The third kappa shape index (κ3) is 3.79. The SMILES string of the molecule is Cc1ccccc1C(=O)OS(=O)OC(=O)c1ccccc1C. The van der Waals surface area contributed by atoms with Crippen molar-refractivity contribution in [2.24, 2.45) is 0 Å². The number of aryl methyl sites for hydroxylation is 2. The monoisotopic (exact) mass is 318 g/mol. The summed E-state index contributed by atoms with van der Waals surface area (Å²) in [6, 6.07) is 13.4. The molecule has 0 saturated carbocycles. The minimum atomic E-state index is -2.50. The summed E-state index contributed by atoms with van der Waals surface area (Å²) in [7, 11) is 0. The molecule has 5 nitrogen and oxygen atoms in total. The van der Waals surface area contributed by atoms with Crippen LogP contribution in [0.15, 0.2) is 48.5 Å². The number of benzene rings is 2. The molecular formula is C16H14O5S. The highest BCUT2D eigenvalue weighted by molar-refractivity contribution is 7.76. The molecule has 0 aliphatic rings. The second-order valence-electron chi connectivity index (χ2n) is 4.58. The number of carbonyl (C=O) groups is 2. The molecule has 0 spiro atoms. The van der Waals surface area contributed by atoms with Crippen LogP contribution in [0.2, 0.25) is 0 Å². The predicted molar refractivity (Wildman–Crippen MR) is 81.3 cm³/mol. The van der Waals surface area contributed by atoms with Crippen molar-refractivity contribution in [3.8, 4) is 0 Å². The van der Waals surface area contributed by atoms with Crippen LogP contribution in [0, 0.1) is 13.8 Å². The summed E-state index contributed by atoms with van der Waals surface area (Å²) in [5.41, 5.74) is 1.88. The molecular weight excluding hydrogens is 304 g/mol. The lowest BCUT2D eigenvalue weighted by molar-refractivity contribution is 0.0675. The van der Waals surface area contributed by atoms with Crippen molar-refractivity contribution in [3.63, 3.8) is 0 Å². The van der Waals surface area contributed by atoms with Crippen LogP contribution in [-0.4, -0.2) is 16.1 Å². The minimum absolute atomic E-state index is 0.266. The van der Waals surface area contributed by atoms with E-state index in [2.05, 4.69) is 8.37 Å². The van der Waals surface area contributed by atoms with Gasteiger partial charge in [-0.1, -0.05) is 36.4 Å². The topological polar surface area (TPSA) is 69.7 Å². The highest BCUT2D eigenvalue weighted by Gasteiger charge is 2.19. The van der Waals surface area contributed by atoms with Gasteiger partial charge in [-0.3, -0.25) is 0 Å². The Morgan fingerprint density at radius 1 is 0.773 bits per heavy atom. The van der Waals surface area contributed by atoms with Gasteiger partial charge in [0.1, 0.15) is 0 Å². The Morgan fingerprint density at radius 2 is 1.14 bits per heavy atom. The molecule has 22 heavy (non-hydrogen) atoms. The lowest BCUT2D eigenvalue weighted by Crippen LogP contribution is -2.15. The van der Waals surface area contributed by atoms with Gasteiger partial charge < -0.3 is 8.37 Å². The van der Waals surface area contributed by atoms with Crippen LogP contribution in [-0.2, 0) is 19.7 Å². The standard InChI is InChI=1S/C16H14O5S/c1-11-7-3-5-9-13(11)15(17)20-22(19)21-16(18)14-10-6-4-8-12(14)2/h3-10H,1-2H3. The van der Waals surface area contributed by atoms with E-state index in [-0.39, 0.29) is 11.1 Å². The normalized spacial score (nSPS) is 10.3. The zero-order chi connectivity index (χ0) is 16.1. The van der Waals surface area contributed by atoms with Crippen molar-refractivity contribution in [1.29, 1.82) is 0 Å². The molecule has 2 rings (SSSR count). The molecule has 0 unspecified atom stereocenters. The summed E-state index contributed by atoms with van der Waals surface area (Å²) in [5.74, 6) is -1.62. The zero-order valence-corrected chi connectivity index (χ0v) is 12.9. The van der Waals surface area contributed by atoms with E-state index in [1.807, 2.05) is 0 Å². The second-order valence-corrected chi connectivity index (χ2v) is 5.32. The van der Waals surface area contributed by atoms with Gasteiger partial charge in [-0.15, -0.1) is 0 Å². The lowest BCUT2D eigenvalue weighted by Gasteiger charge is -2.06. The molecule has 0 amide bonds. The van der Waals surface area contributed by atoms with Crippen LogP contribution in [0.4, 0.5) is 0 Å². The zero-order valence-electron chi connectivity index (χ0n) is 12.1. The van der Waals surface area contributed by atoms with Crippen molar-refractivity contribution in [3.05, 3.63) is 70.8 Å². The molecule has 6 heteroatoms. The Labute approximate surface area is 130 Å². The summed E-state index contributed by atoms with van der Waals surface area (Å²) in [4.78, 5) is 23.7. The Bertz CT molecular complexity index is 677. The van der Waals surface area contributed by atoms with Gasteiger partial charge >= 0.3 is 23.3 Å². The molecule has 2 aromatic rings. The number of hydrogen-bond acceptors (Lipinski definition) is 5. The number of carbonyl (C=O) groups excluding carboxylic acids is 2. The number of hydrogen-bond donors (Lipinski definition) is 0. The van der Waals surface area contributed by atoms with E-state index in [1.165, 1.54) is 12.1 Å². The third-order valence-corrected chi connectivity index (χ3v) is 3.59. The largest absolute Gasteiger partial charge is 0.423 e. The average molecular weight is 318 g/mol. The van der Waals surface area contributed by atoms with Crippen LogP contribution in [0.1, 0.15) is 31.8 Å². The molecule has 0 aliphatic carbocycles. The first kappa shape index (κ1) is 15.9. The molecule has 114 valence electrons. The fraction of sp³-hybridized carbons (Fsp3) is 0.125. The van der Waals surface area contributed by atoms with Crippen molar-refractivity contribution >= 4 is 23.3 Å². The Morgan fingerprint density at radius 3 is 1.50 bits per heavy atom. The summed E-state index contributed by atoms with van der Waals surface area (Å²) in [5, 5.41) is 0. The van der Waals surface area contributed by atoms with Crippen LogP contribution < -0.4 is 0 Å². The summed E-state index contributed by atoms with van der Waals surface area (Å²) in [6.07, 6.45) is 0. The van der Waals surface area contributed by atoms with Gasteiger partial charge in [0.2, 0.25) is 0 Å². The summed E-state index contributed by atoms with van der Waals surface area (Å²) < 4.78 is 20.9. The minimum Gasteiger partial charge on any atom is -0.330 e. The van der Waals surface area contributed by atoms with Gasteiger partial charge in [0, 0.05) is 0 Å². The maximum absolute atomic E-state index is 11.9. The maximum atomic E-state index is 11.9. The van der Waals surface area contributed by atoms with Gasteiger partial charge in [-0.25, -0.2) is 9.59 Å². The van der Waals surface area contributed by atoms with Crippen LogP contribution in [0.3, 0.4) is 0 Å². The van der Waals surface area contributed by atoms with Crippen LogP contribution in [0.5, 0.6) is 0 Å². The molecule has 0 bridgehead atoms. The Balaban J connectivity index is 2.02. The molecule has 0 saturated heterocycles. The lowest BCUT2D eigenvalue weighted by atomic mass is 10.1. The molecule has 0 N–H and O–H groups in total. The maximum Gasteiger partial charge on any atom is 0.423 e. The molecule has 0 fully saturated rings. The number of rotatable bonds is 4. The molecule has 0 aromatic heterocycles. The van der Waals surface area contributed by atoms with Crippen LogP contribution >= 0.6 is 0 Å². The molecule has 0 heterocycles. The quantitative estimate of drug-likeness (QED) is 0.867. The Kier molecular flexibility index (Phi) is 5.06. The van der Waals surface area contributed by atoms with Crippen molar-refractivity contribution in [2.45, 2.75) is 13.8 Å². The smallest absolute Gasteiger partial charge is 0.330 e. The fourth-order valence-corrected chi connectivity index (χ4v) is 2.30.